The van der Waals surface area contributed by atoms with E-state index in [2.05, 4.69) is 109 Å². The molecule has 0 aliphatic carbocycles. The third-order valence-electron chi connectivity index (χ3n) is 7.29. The molecule has 170 valence electrons. The van der Waals surface area contributed by atoms with Gasteiger partial charge < -0.3 is 11.5 Å². The van der Waals surface area contributed by atoms with E-state index in [1.165, 1.54) is 43.3 Å². The van der Waals surface area contributed by atoms with E-state index in [0.29, 0.717) is 0 Å². The van der Waals surface area contributed by atoms with Gasteiger partial charge >= 0.3 is 0 Å². The molecule has 2 nitrogen and oxygen atoms in total. The Hall–Kier alpha value is -4.82. The molecule has 7 rings (SSSR count). The van der Waals surface area contributed by atoms with Crippen molar-refractivity contribution in [3.8, 4) is 22.3 Å². The van der Waals surface area contributed by atoms with Crippen LogP contribution in [0, 0.1) is 0 Å². The summed E-state index contributed by atoms with van der Waals surface area (Å²) in [7, 11) is 0. The average molecular weight is 461 g/mol. The third-order valence-corrected chi connectivity index (χ3v) is 7.29. The monoisotopic (exact) mass is 460 g/mol. The molecule has 36 heavy (non-hydrogen) atoms. The summed E-state index contributed by atoms with van der Waals surface area (Å²) in [6.45, 7) is 0. The van der Waals surface area contributed by atoms with Gasteiger partial charge in [-0.2, -0.15) is 0 Å². The molecular weight excluding hydrogens is 436 g/mol. The van der Waals surface area contributed by atoms with Crippen LogP contribution in [-0.2, 0) is 0 Å². The summed E-state index contributed by atoms with van der Waals surface area (Å²) < 4.78 is 0. The molecule has 2 heteroatoms. The molecule has 0 aromatic heterocycles. The van der Waals surface area contributed by atoms with Crippen LogP contribution < -0.4 is 11.5 Å². The fourth-order valence-electron chi connectivity index (χ4n) is 5.56. The quantitative estimate of drug-likeness (QED) is 0.200. The zero-order chi connectivity index (χ0) is 24.2. The van der Waals surface area contributed by atoms with Gasteiger partial charge in [0.15, 0.2) is 0 Å². The largest absolute Gasteiger partial charge is 0.399 e. The standard InChI is InChI=1S/C34H24N2/c35-27-15-13-21(14-16-27)31-20-26-17-22-7-1-2-8-23(22)19-30(26)33(34(31)36)32-28-11-5-3-9-24(28)18-25-10-4-6-12-29(25)32/h1-20H,35-36H2. The van der Waals surface area contributed by atoms with Gasteiger partial charge in [-0.05, 0) is 85.1 Å². The lowest BCUT2D eigenvalue weighted by molar-refractivity contribution is 1.62. The SMILES string of the molecule is Nc1ccc(-c2cc3cc4ccccc4cc3c(-c3c4ccccc4cc4ccccc34)c2N)cc1. The van der Waals surface area contributed by atoms with Crippen LogP contribution >= 0.6 is 0 Å². The fourth-order valence-corrected chi connectivity index (χ4v) is 5.56. The molecule has 0 spiro atoms. The Morgan fingerprint density at radius 1 is 0.389 bits per heavy atom. The van der Waals surface area contributed by atoms with Gasteiger partial charge in [0.2, 0.25) is 0 Å². The predicted octanol–water partition coefficient (Wildman–Crippen LogP) is 8.80. The molecule has 0 atom stereocenters. The lowest BCUT2D eigenvalue weighted by atomic mass is 9.85. The van der Waals surface area contributed by atoms with Crippen molar-refractivity contribution in [1.29, 1.82) is 0 Å². The van der Waals surface area contributed by atoms with Crippen molar-refractivity contribution in [2.24, 2.45) is 0 Å². The van der Waals surface area contributed by atoms with E-state index in [9.17, 15) is 0 Å². The van der Waals surface area contributed by atoms with Crippen LogP contribution in [0.5, 0.6) is 0 Å². The summed E-state index contributed by atoms with van der Waals surface area (Å²) in [6.07, 6.45) is 0. The Morgan fingerprint density at radius 2 is 0.917 bits per heavy atom. The van der Waals surface area contributed by atoms with E-state index in [4.69, 9.17) is 11.5 Å². The van der Waals surface area contributed by atoms with Gasteiger partial charge in [0.05, 0.1) is 0 Å². The van der Waals surface area contributed by atoms with Crippen LogP contribution in [-0.4, -0.2) is 0 Å². The van der Waals surface area contributed by atoms with Crippen molar-refractivity contribution in [2.45, 2.75) is 0 Å². The van der Waals surface area contributed by atoms with Crippen LogP contribution in [0.3, 0.4) is 0 Å². The molecular formula is C34H24N2. The number of benzene rings is 7. The Labute approximate surface area is 209 Å². The highest BCUT2D eigenvalue weighted by Gasteiger charge is 2.19. The molecule has 0 bridgehead atoms. The van der Waals surface area contributed by atoms with Gasteiger partial charge in [-0.3, -0.25) is 0 Å². The molecule has 0 saturated heterocycles. The predicted molar refractivity (Wildman–Crippen MR) is 156 cm³/mol. The first-order valence-corrected chi connectivity index (χ1v) is 12.2. The summed E-state index contributed by atoms with van der Waals surface area (Å²) in [4.78, 5) is 0. The molecule has 0 aliphatic heterocycles. The highest BCUT2D eigenvalue weighted by Crippen LogP contribution is 2.47. The molecule has 0 fully saturated rings. The van der Waals surface area contributed by atoms with Crippen molar-refractivity contribution in [3.63, 3.8) is 0 Å². The first-order valence-electron chi connectivity index (χ1n) is 12.2. The smallest absolute Gasteiger partial charge is 0.0480 e. The lowest BCUT2D eigenvalue weighted by Gasteiger charge is -2.20. The van der Waals surface area contributed by atoms with E-state index in [1.807, 2.05) is 12.1 Å². The number of hydrogen-bond acceptors (Lipinski definition) is 2. The van der Waals surface area contributed by atoms with Gasteiger partial charge in [-0.1, -0.05) is 84.9 Å². The van der Waals surface area contributed by atoms with Crippen LogP contribution in [0.15, 0.2) is 121 Å². The Kier molecular flexibility index (Phi) is 4.49. The van der Waals surface area contributed by atoms with Crippen molar-refractivity contribution in [1.82, 2.24) is 0 Å². The average Bonchev–Trinajstić information content (AvgIpc) is 2.91. The Bertz CT molecular complexity index is 1900. The number of nitrogen functional groups attached to an aromatic ring is 2. The second-order valence-electron chi connectivity index (χ2n) is 9.45. The minimum Gasteiger partial charge on any atom is -0.399 e. The van der Waals surface area contributed by atoms with Gasteiger partial charge in [-0.15, -0.1) is 0 Å². The van der Waals surface area contributed by atoms with Crippen LogP contribution in [0.4, 0.5) is 11.4 Å². The van der Waals surface area contributed by atoms with E-state index in [-0.39, 0.29) is 0 Å². The Balaban J connectivity index is 1.71. The molecule has 0 saturated carbocycles. The maximum atomic E-state index is 7.15. The first kappa shape index (κ1) is 20.5. The summed E-state index contributed by atoms with van der Waals surface area (Å²) in [6, 6.07) is 42.8. The summed E-state index contributed by atoms with van der Waals surface area (Å²) in [5, 5.41) is 9.56. The van der Waals surface area contributed by atoms with E-state index < -0.39 is 0 Å². The topological polar surface area (TPSA) is 52.0 Å². The molecule has 0 amide bonds. The van der Waals surface area contributed by atoms with Crippen LogP contribution in [0.2, 0.25) is 0 Å². The van der Waals surface area contributed by atoms with Crippen LogP contribution in [0.1, 0.15) is 0 Å². The van der Waals surface area contributed by atoms with Crippen LogP contribution in [0.25, 0.3) is 65.3 Å². The van der Waals surface area contributed by atoms with Gasteiger partial charge in [0.25, 0.3) is 0 Å². The number of nitrogens with two attached hydrogens (primary N) is 2. The van der Waals surface area contributed by atoms with E-state index in [0.717, 1.165) is 33.5 Å². The van der Waals surface area contributed by atoms with Crippen molar-refractivity contribution < 1.29 is 0 Å². The maximum Gasteiger partial charge on any atom is 0.0480 e. The second-order valence-corrected chi connectivity index (χ2v) is 9.45. The molecule has 0 unspecified atom stereocenters. The van der Waals surface area contributed by atoms with Crippen molar-refractivity contribution in [2.75, 3.05) is 11.5 Å². The fraction of sp³-hybridized carbons (Fsp3) is 0. The molecule has 0 radical (unpaired) electrons. The van der Waals surface area contributed by atoms with Gasteiger partial charge in [0, 0.05) is 28.1 Å². The van der Waals surface area contributed by atoms with E-state index >= 15 is 0 Å². The number of rotatable bonds is 2. The molecule has 7 aromatic rings. The molecule has 0 heterocycles. The van der Waals surface area contributed by atoms with Gasteiger partial charge in [0.1, 0.15) is 0 Å². The normalized spacial score (nSPS) is 11.6. The minimum atomic E-state index is 0.740. The zero-order valence-electron chi connectivity index (χ0n) is 19.7. The zero-order valence-corrected chi connectivity index (χ0v) is 19.7. The van der Waals surface area contributed by atoms with Gasteiger partial charge in [-0.25, -0.2) is 0 Å². The maximum absolute atomic E-state index is 7.15. The highest BCUT2D eigenvalue weighted by molar-refractivity contribution is 6.22. The van der Waals surface area contributed by atoms with Crippen molar-refractivity contribution >= 4 is 54.5 Å². The molecule has 4 N–H and O–H groups in total. The summed E-state index contributed by atoms with van der Waals surface area (Å²) in [5.41, 5.74) is 19.0. The molecule has 0 aliphatic rings. The van der Waals surface area contributed by atoms with Crippen molar-refractivity contribution in [3.05, 3.63) is 121 Å². The molecule has 7 aromatic carbocycles. The first-order chi connectivity index (χ1) is 17.7. The summed E-state index contributed by atoms with van der Waals surface area (Å²) >= 11 is 0. The van der Waals surface area contributed by atoms with E-state index in [1.54, 1.807) is 0 Å². The lowest BCUT2D eigenvalue weighted by Crippen LogP contribution is -1.98. The Morgan fingerprint density at radius 3 is 1.56 bits per heavy atom. The highest BCUT2D eigenvalue weighted by atomic mass is 14.6. The number of fused-ring (bicyclic) bond motifs is 4. The second kappa shape index (κ2) is 7.86. The number of anilines is 2. The third kappa shape index (κ3) is 3.12. The summed E-state index contributed by atoms with van der Waals surface area (Å²) in [5.74, 6) is 0. The number of hydrogen-bond donors (Lipinski definition) is 2. The minimum absolute atomic E-state index is 0.740.